The number of fused-ring (bicyclic) bond motifs is 1. The van der Waals surface area contributed by atoms with Crippen molar-refractivity contribution in [1.82, 2.24) is 0 Å². The van der Waals surface area contributed by atoms with Gasteiger partial charge in [0.05, 0.1) is 19.8 Å². The van der Waals surface area contributed by atoms with Gasteiger partial charge in [-0.25, -0.2) is 4.79 Å². The standard InChI is InChI=1S/C20H21NO4/c1-4-23-16-9-7-14-8-10-19(24-5-2)18(17(14)12-16)11-15(13-21)20(22)25-6-3/h7-12H,4-6H2,1-3H3/b15-11-. The fourth-order valence-electron chi connectivity index (χ4n) is 2.48. The van der Waals surface area contributed by atoms with Crippen molar-refractivity contribution >= 4 is 22.8 Å². The van der Waals surface area contributed by atoms with Crippen LogP contribution < -0.4 is 9.47 Å². The number of nitriles is 1. The van der Waals surface area contributed by atoms with Crippen LogP contribution in [0.2, 0.25) is 0 Å². The average molecular weight is 339 g/mol. The van der Waals surface area contributed by atoms with Gasteiger partial charge in [0.15, 0.2) is 0 Å². The molecular weight excluding hydrogens is 318 g/mol. The number of ether oxygens (including phenoxy) is 3. The fourth-order valence-corrected chi connectivity index (χ4v) is 2.48. The summed E-state index contributed by atoms with van der Waals surface area (Å²) in [6.45, 7) is 6.72. The van der Waals surface area contributed by atoms with Gasteiger partial charge in [-0.1, -0.05) is 12.1 Å². The molecule has 130 valence electrons. The summed E-state index contributed by atoms with van der Waals surface area (Å²) in [4.78, 5) is 12.0. The third-order valence-corrected chi connectivity index (χ3v) is 3.51. The number of hydrogen-bond donors (Lipinski definition) is 0. The maximum absolute atomic E-state index is 12.0. The molecule has 0 aromatic heterocycles. The molecule has 0 aliphatic rings. The Balaban J connectivity index is 2.67. The first kappa shape index (κ1) is 18.3. The molecule has 0 unspecified atom stereocenters. The lowest BCUT2D eigenvalue weighted by Crippen LogP contribution is -2.06. The van der Waals surface area contributed by atoms with Gasteiger partial charge in [0.25, 0.3) is 0 Å². The quantitative estimate of drug-likeness (QED) is 0.431. The second-order valence-corrected chi connectivity index (χ2v) is 5.12. The largest absolute Gasteiger partial charge is 0.494 e. The molecule has 0 aliphatic carbocycles. The molecule has 0 N–H and O–H groups in total. The molecule has 2 rings (SSSR count). The van der Waals surface area contributed by atoms with Crippen LogP contribution in [-0.2, 0) is 9.53 Å². The molecule has 0 amide bonds. The molecular formula is C20H21NO4. The predicted octanol–water partition coefficient (Wildman–Crippen LogP) is 4.11. The van der Waals surface area contributed by atoms with Crippen LogP contribution in [0.1, 0.15) is 26.3 Å². The van der Waals surface area contributed by atoms with Crippen LogP contribution in [0.15, 0.2) is 35.9 Å². The van der Waals surface area contributed by atoms with Crippen molar-refractivity contribution in [3.8, 4) is 17.6 Å². The first-order valence-electron chi connectivity index (χ1n) is 8.25. The van der Waals surface area contributed by atoms with Crippen LogP contribution in [0.3, 0.4) is 0 Å². The van der Waals surface area contributed by atoms with E-state index in [4.69, 9.17) is 14.2 Å². The summed E-state index contributed by atoms with van der Waals surface area (Å²) in [5.74, 6) is 0.666. The molecule has 0 saturated heterocycles. The Morgan fingerprint density at radius 1 is 1.08 bits per heavy atom. The van der Waals surface area contributed by atoms with Gasteiger partial charge < -0.3 is 14.2 Å². The summed E-state index contributed by atoms with van der Waals surface area (Å²) in [5, 5.41) is 11.1. The molecule has 5 nitrogen and oxygen atoms in total. The zero-order valence-electron chi connectivity index (χ0n) is 14.7. The summed E-state index contributed by atoms with van der Waals surface area (Å²) in [6.07, 6.45) is 1.51. The van der Waals surface area contributed by atoms with Crippen LogP contribution in [-0.4, -0.2) is 25.8 Å². The molecule has 0 radical (unpaired) electrons. The zero-order valence-corrected chi connectivity index (χ0v) is 14.7. The average Bonchev–Trinajstić information content (AvgIpc) is 2.61. The Bertz CT molecular complexity index is 828. The Kier molecular flexibility index (Phi) is 6.41. The summed E-state index contributed by atoms with van der Waals surface area (Å²) in [7, 11) is 0. The van der Waals surface area contributed by atoms with E-state index in [0.29, 0.717) is 30.3 Å². The monoisotopic (exact) mass is 339 g/mol. The van der Waals surface area contributed by atoms with Crippen LogP contribution >= 0.6 is 0 Å². The predicted molar refractivity (Wildman–Crippen MR) is 96.5 cm³/mol. The highest BCUT2D eigenvalue weighted by Crippen LogP contribution is 2.33. The Morgan fingerprint density at radius 3 is 2.44 bits per heavy atom. The number of carbonyl (C=O) groups is 1. The number of hydrogen-bond acceptors (Lipinski definition) is 5. The minimum absolute atomic E-state index is 0.0721. The Morgan fingerprint density at radius 2 is 1.80 bits per heavy atom. The zero-order chi connectivity index (χ0) is 18.2. The summed E-state index contributed by atoms with van der Waals surface area (Å²) < 4.78 is 16.2. The van der Waals surface area contributed by atoms with E-state index >= 15 is 0 Å². The lowest BCUT2D eigenvalue weighted by Gasteiger charge is -2.12. The number of esters is 1. The Hall–Kier alpha value is -3.00. The van der Waals surface area contributed by atoms with E-state index < -0.39 is 5.97 Å². The molecule has 0 heterocycles. The molecule has 5 heteroatoms. The number of nitrogens with zero attached hydrogens (tertiary/aromatic N) is 1. The molecule has 0 fully saturated rings. The number of carbonyl (C=O) groups excluding carboxylic acids is 1. The van der Waals surface area contributed by atoms with Crippen molar-refractivity contribution in [3.05, 3.63) is 41.5 Å². The van der Waals surface area contributed by atoms with Gasteiger partial charge >= 0.3 is 5.97 Å². The third-order valence-electron chi connectivity index (χ3n) is 3.51. The maximum atomic E-state index is 12.0. The topological polar surface area (TPSA) is 68.6 Å². The van der Waals surface area contributed by atoms with Crippen molar-refractivity contribution in [2.75, 3.05) is 19.8 Å². The molecule has 0 saturated carbocycles. The SMILES string of the molecule is CCOC(=O)/C(C#N)=C\c1c(OCC)ccc2ccc(OCC)cc12. The highest BCUT2D eigenvalue weighted by atomic mass is 16.5. The number of rotatable bonds is 7. The minimum atomic E-state index is -0.648. The Labute approximate surface area is 147 Å². The molecule has 25 heavy (non-hydrogen) atoms. The van der Waals surface area contributed by atoms with Crippen LogP contribution in [0.4, 0.5) is 0 Å². The van der Waals surface area contributed by atoms with Crippen molar-refractivity contribution in [3.63, 3.8) is 0 Å². The minimum Gasteiger partial charge on any atom is -0.494 e. The summed E-state index contributed by atoms with van der Waals surface area (Å²) in [5.41, 5.74) is 0.586. The van der Waals surface area contributed by atoms with Crippen LogP contribution in [0, 0.1) is 11.3 Å². The molecule has 2 aromatic carbocycles. The number of benzene rings is 2. The van der Waals surface area contributed by atoms with Crippen molar-refractivity contribution in [2.45, 2.75) is 20.8 Å². The van der Waals surface area contributed by atoms with E-state index in [2.05, 4.69) is 0 Å². The lowest BCUT2D eigenvalue weighted by atomic mass is 10.0. The second kappa shape index (κ2) is 8.74. The van der Waals surface area contributed by atoms with Gasteiger partial charge in [0.2, 0.25) is 0 Å². The molecule has 0 aliphatic heterocycles. The van der Waals surface area contributed by atoms with Gasteiger partial charge in [0, 0.05) is 5.56 Å². The van der Waals surface area contributed by atoms with Crippen LogP contribution in [0.5, 0.6) is 11.5 Å². The lowest BCUT2D eigenvalue weighted by molar-refractivity contribution is -0.137. The van der Waals surface area contributed by atoms with Crippen molar-refractivity contribution in [1.29, 1.82) is 5.26 Å². The first-order chi connectivity index (χ1) is 12.1. The van der Waals surface area contributed by atoms with E-state index in [9.17, 15) is 10.1 Å². The van der Waals surface area contributed by atoms with Gasteiger partial charge in [-0.15, -0.1) is 0 Å². The van der Waals surface area contributed by atoms with Gasteiger partial charge in [-0.3, -0.25) is 0 Å². The van der Waals surface area contributed by atoms with E-state index in [-0.39, 0.29) is 12.2 Å². The maximum Gasteiger partial charge on any atom is 0.348 e. The van der Waals surface area contributed by atoms with E-state index in [0.717, 1.165) is 10.8 Å². The van der Waals surface area contributed by atoms with Crippen LogP contribution in [0.25, 0.3) is 16.8 Å². The normalized spacial score (nSPS) is 11.0. The smallest absolute Gasteiger partial charge is 0.348 e. The first-order valence-corrected chi connectivity index (χ1v) is 8.25. The van der Waals surface area contributed by atoms with Crippen molar-refractivity contribution < 1.29 is 19.0 Å². The van der Waals surface area contributed by atoms with E-state index in [1.807, 2.05) is 50.2 Å². The highest BCUT2D eigenvalue weighted by molar-refractivity contribution is 6.02. The van der Waals surface area contributed by atoms with Gasteiger partial charge in [-0.05, 0) is 55.8 Å². The molecule has 0 bridgehead atoms. The van der Waals surface area contributed by atoms with E-state index in [1.54, 1.807) is 6.92 Å². The van der Waals surface area contributed by atoms with Crippen molar-refractivity contribution in [2.24, 2.45) is 0 Å². The fraction of sp³-hybridized carbons (Fsp3) is 0.300. The second-order valence-electron chi connectivity index (χ2n) is 5.12. The van der Waals surface area contributed by atoms with E-state index in [1.165, 1.54) is 6.08 Å². The van der Waals surface area contributed by atoms with Gasteiger partial charge in [-0.2, -0.15) is 5.26 Å². The summed E-state index contributed by atoms with van der Waals surface area (Å²) >= 11 is 0. The highest BCUT2D eigenvalue weighted by Gasteiger charge is 2.14. The molecule has 0 atom stereocenters. The summed E-state index contributed by atoms with van der Waals surface area (Å²) in [6, 6.07) is 11.4. The van der Waals surface area contributed by atoms with Gasteiger partial charge in [0.1, 0.15) is 23.1 Å². The third kappa shape index (κ3) is 4.30. The molecule has 2 aromatic rings. The molecule has 0 spiro atoms.